The van der Waals surface area contributed by atoms with Gasteiger partial charge in [0.15, 0.2) is 0 Å². The molecule has 0 spiro atoms. The zero-order chi connectivity index (χ0) is 12.4. The number of nitrogens with zero attached hydrogens (tertiary/aromatic N) is 1. The summed E-state index contributed by atoms with van der Waals surface area (Å²) < 4.78 is 0. The number of anilines is 1. The van der Waals surface area contributed by atoms with E-state index in [9.17, 15) is 0 Å². The second-order valence-corrected chi connectivity index (χ2v) is 6.39. The molecule has 1 aromatic carbocycles. The molecule has 1 aromatic heterocycles. The smallest absolute Gasteiger partial charge is 0.0961 e. The van der Waals surface area contributed by atoms with E-state index < -0.39 is 0 Å². The molecule has 0 bridgehead atoms. The second-order valence-electron chi connectivity index (χ2n) is 4.29. The Morgan fingerprint density at radius 2 is 2.17 bits per heavy atom. The average Bonchev–Trinajstić information content (AvgIpc) is 2.82. The van der Waals surface area contributed by atoms with Crippen LogP contribution in [0.1, 0.15) is 11.5 Å². The van der Waals surface area contributed by atoms with Gasteiger partial charge in [0.25, 0.3) is 0 Å². The maximum absolute atomic E-state index is 5.63. The minimum Gasteiger partial charge on any atom is -0.397 e. The SMILES string of the molecule is Nc1ccc(SCC2CSc3ccccc32)nc1. The summed E-state index contributed by atoms with van der Waals surface area (Å²) >= 11 is 3.77. The number of fused-ring (bicyclic) bond motifs is 1. The lowest BCUT2D eigenvalue weighted by molar-refractivity contribution is 0.894. The molecule has 3 rings (SSSR count). The fourth-order valence-corrected chi connectivity index (χ4v) is 4.39. The molecule has 92 valence electrons. The fourth-order valence-electron chi connectivity index (χ4n) is 2.03. The van der Waals surface area contributed by atoms with Crippen LogP contribution in [0.25, 0.3) is 0 Å². The Morgan fingerprint density at radius 3 is 3.00 bits per heavy atom. The van der Waals surface area contributed by atoms with Gasteiger partial charge in [-0.2, -0.15) is 0 Å². The van der Waals surface area contributed by atoms with Crippen LogP contribution >= 0.6 is 23.5 Å². The highest BCUT2D eigenvalue weighted by atomic mass is 32.2. The Kier molecular flexibility index (Phi) is 3.48. The van der Waals surface area contributed by atoms with Gasteiger partial charge < -0.3 is 5.73 Å². The standard InChI is InChI=1S/C14H14N2S2/c15-11-5-6-14(16-7-11)18-9-10-8-17-13-4-2-1-3-12(10)13/h1-7,10H,8-9,15H2. The third-order valence-corrected chi connectivity index (χ3v) is 5.35. The second kappa shape index (κ2) is 5.24. The summed E-state index contributed by atoms with van der Waals surface area (Å²) in [4.78, 5) is 5.76. The molecule has 0 fully saturated rings. The molecule has 1 aliphatic heterocycles. The van der Waals surface area contributed by atoms with Gasteiger partial charge >= 0.3 is 0 Å². The quantitative estimate of drug-likeness (QED) is 0.867. The first-order valence-electron chi connectivity index (χ1n) is 5.89. The predicted octanol–water partition coefficient (Wildman–Crippen LogP) is 3.65. The largest absolute Gasteiger partial charge is 0.397 e. The first-order chi connectivity index (χ1) is 8.83. The molecule has 0 aliphatic carbocycles. The number of rotatable bonds is 3. The van der Waals surface area contributed by atoms with E-state index in [4.69, 9.17) is 5.73 Å². The van der Waals surface area contributed by atoms with Gasteiger partial charge in [-0.05, 0) is 23.8 Å². The van der Waals surface area contributed by atoms with Crippen molar-refractivity contribution in [2.75, 3.05) is 17.2 Å². The third-order valence-electron chi connectivity index (χ3n) is 2.99. The molecule has 1 atom stereocenters. The van der Waals surface area contributed by atoms with E-state index in [1.54, 1.807) is 6.20 Å². The maximum atomic E-state index is 5.63. The molecule has 0 radical (unpaired) electrons. The molecular formula is C14H14N2S2. The molecule has 0 saturated heterocycles. The molecule has 18 heavy (non-hydrogen) atoms. The molecule has 1 unspecified atom stereocenters. The van der Waals surface area contributed by atoms with Gasteiger partial charge in [0.2, 0.25) is 0 Å². The summed E-state index contributed by atoms with van der Waals surface area (Å²) in [5, 5.41) is 1.05. The number of nitrogen functional groups attached to an aromatic ring is 1. The summed E-state index contributed by atoms with van der Waals surface area (Å²) in [6.07, 6.45) is 1.72. The zero-order valence-electron chi connectivity index (χ0n) is 9.87. The van der Waals surface area contributed by atoms with Gasteiger partial charge in [-0.25, -0.2) is 4.98 Å². The zero-order valence-corrected chi connectivity index (χ0v) is 11.5. The fraction of sp³-hybridized carbons (Fsp3) is 0.214. The first-order valence-corrected chi connectivity index (χ1v) is 7.86. The van der Waals surface area contributed by atoms with E-state index in [-0.39, 0.29) is 0 Å². The van der Waals surface area contributed by atoms with Crippen molar-refractivity contribution in [2.45, 2.75) is 15.8 Å². The highest BCUT2D eigenvalue weighted by molar-refractivity contribution is 8.00. The summed E-state index contributed by atoms with van der Waals surface area (Å²) in [6, 6.07) is 12.6. The van der Waals surface area contributed by atoms with E-state index in [2.05, 4.69) is 29.2 Å². The molecule has 2 heterocycles. The van der Waals surface area contributed by atoms with Crippen molar-refractivity contribution >= 4 is 29.2 Å². The van der Waals surface area contributed by atoms with Crippen molar-refractivity contribution < 1.29 is 0 Å². The molecule has 0 amide bonds. The van der Waals surface area contributed by atoms with Crippen LogP contribution in [-0.4, -0.2) is 16.5 Å². The normalized spacial score (nSPS) is 17.7. The lowest BCUT2D eigenvalue weighted by Crippen LogP contribution is -2.00. The topological polar surface area (TPSA) is 38.9 Å². The van der Waals surface area contributed by atoms with Gasteiger partial charge in [0, 0.05) is 22.3 Å². The number of thioether (sulfide) groups is 2. The summed E-state index contributed by atoms with van der Waals surface area (Å²) in [7, 11) is 0. The van der Waals surface area contributed by atoms with Crippen LogP contribution < -0.4 is 5.73 Å². The maximum Gasteiger partial charge on any atom is 0.0961 e. The highest BCUT2D eigenvalue weighted by Crippen LogP contribution is 2.41. The molecule has 0 saturated carbocycles. The number of pyridine rings is 1. The predicted molar refractivity (Wildman–Crippen MR) is 79.3 cm³/mol. The number of hydrogen-bond acceptors (Lipinski definition) is 4. The van der Waals surface area contributed by atoms with Crippen molar-refractivity contribution in [3.8, 4) is 0 Å². The van der Waals surface area contributed by atoms with Crippen LogP contribution in [0.15, 0.2) is 52.5 Å². The first kappa shape index (κ1) is 11.9. The van der Waals surface area contributed by atoms with Crippen LogP contribution in [0, 0.1) is 0 Å². The molecule has 4 heteroatoms. The molecule has 2 N–H and O–H groups in total. The monoisotopic (exact) mass is 274 g/mol. The van der Waals surface area contributed by atoms with E-state index in [0.717, 1.165) is 16.5 Å². The Balaban J connectivity index is 1.67. The number of aromatic nitrogens is 1. The number of nitrogens with two attached hydrogens (primary N) is 1. The Bertz CT molecular complexity index is 540. The number of benzene rings is 1. The van der Waals surface area contributed by atoms with E-state index in [1.807, 2.05) is 35.7 Å². The van der Waals surface area contributed by atoms with Gasteiger partial charge in [0.1, 0.15) is 0 Å². The minimum absolute atomic E-state index is 0.635. The Morgan fingerprint density at radius 1 is 1.28 bits per heavy atom. The molecular weight excluding hydrogens is 260 g/mol. The van der Waals surface area contributed by atoms with Crippen LogP contribution in [0.2, 0.25) is 0 Å². The van der Waals surface area contributed by atoms with Crippen molar-refractivity contribution in [3.63, 3.8) is 0 Å². The minimum atomic E-state index is 0.635. The molecule has 2 nitrogen and oxygen atoms in total. The van der Waals surface area contributed by atoms with Gasteiger partial charge in [-0.3, -0.25) is 0 Å². The van der Waals surface area contributed by atoms with Crippen LogP contribution in [0.5, 0.6) is 0 Å². The van der Waals surface area contributed by atoms with Gasteiger partial charge in [0.05, 0.1) is 16.9 Å². The molecule has 1 aliphatic rings. The van der Waals surface area contributed by atoms with Crippen molar-refractivity contribution in [2.24, 2.45) is 0 Å². The third kappa shape index (κ3) is 2.49. The van der Waals surface area contributed by atoms with Crippen molar-refractivity contribution in [1.29, 1.82) is 0 Å². The number of hydrogen-bond donors (Lipinski definition) is 1. The Hall–Kier alpha value is -1.13. The lowest BCUT2D eigenvalue weighted by atomic mass is 10.0. The summed E-state index contributed by atoms with van der Waals surface area (Å²) in [5.41, 5.74) is 7.85. The highest BCUT2D eigenvalue weighted by Gasteiger charge is 2.22. The summed E-state index contributed by atoms with van der Waals surface area (Å²) in [6.45, 7) is 0. The average molecular weight is 274 g/mol. The van der Waals surface area contributed by atoms with Crippen LogP contribution in [-0.2, 0) is 0 Å². The van der Waals surface area contributed by atoms with E-state index in [1.165, 1.54) is 16.2 Å². The van der Waals surface area contributed by atoms with Crippen LogP contribution in [0.4, 0.5) is 5.69 Å². The molecule has 2 aromatic rings. The lowest BCUT2D eigenvalue weighted by Gasteiger charge is -2.09. The van der Waals surface area contributed by atoms with Gasteiger partial charge in [-0.15, -0.1) is 23.5 Å². The summed E-state index contributed by atoms with van der Waals surface area (Å²) in [5.74, 6) is 2.90. The Labute approximate surface area is 115 Å². The van der Waals surface area contributed by atoms with Gasteiger partial charge in [-0.1, -0.05) is 18.2 Å². The van der Waals surface area contributed by atoms with Crippen LogP contribution in [0.3, 0.4) is 0 Å². The van der Waals surface area contributed by atoms with E-state index in [0.29, 0.717) is 5.92 Å². The van der Waals surface area contributed by atoms with Crippen molar-refractivity contribution in [1.82, 2.24) is 4.98 Å². The van der Waals surface area contributed by atoms with Crippen molar-refractivity contribution in [3.05, 3.63) is 48.2 Å². The van der Waals surface area contributed by atoms with E-state index >= 15 is 0 Å².